The van der Waals surface area contributed by atoms with E-state index in [0.29, 0.717) is 34.7 Å². The summed E-state index contributed by atoms with van der Waals surface area (Å²) in [5.41, 5.74) is 1.77. The highest BCUT2D eigenvalue weighted by molar-refractivity contribution is 6.33. The Morgan fingerprint density at radius 2 is 1.83 bits per heavy atom. The van der Waals surface area contributed by atoms with Crippen molar-refractivity contribution in [3.05, 3.63) is 41.7 Å². The molecule has 6 rings (SSSR count). The molecule has 3 fully saturated rings. The minimum Gasteiger partial charge on any atom is -0.494 e. The largest absolute Gasteiger partial charge is 0.494 e. The van der Waals surface area contributed by atoms with Gasteiger partial charge < -0.3 is 30.9 Å². The number of piperazine rings is 1. The van der Waals surface area contributed by atoms with E-state index < -0.39 is 35.4 Å². The summed E-state index contributed by atoms with van der Waals surface area (Å²) >= 11 is 6.88. The summed E-state index contributed by atoms with van der Waals surface area (Å²) in [7, 11) is 3.16. The Hall–Kier alpha value is -4.04. The third kappa shape index (κ3) is 8.43. The van der Waals surface area contributed by atoms with E-state index in [1.54, 1.807) is 26.1 Å². The van der Waals surface area contributed by atoms with Crippen LogP contribution < -0.4 is 35.8 Å². The summed E-state index contributed by atoms with van der Waals surface area (Å²) in [6.45, 7) is 13.1. The van der Waals surface area contributed by atoms with E-state index in [9.17, 15) is 14.4 Å². The van der Waals surface area contributed by atoms with Crippen molar-refractivity contribution in [2.24, 2.45) is 11.3 Å². The molecule has 1 aliphatic carbocycles. The number of halogens is 1. The van der Waals surface area contributed by atoms with Crippen LogP contribution in [0.1, 0.15) is 53.4 Å². The molecule has 0 radical (unpaired) electrons. The van der Waals surface area contributed by atoms with Gasteiger partial charge in [0.05, 0.1) is 41.1 Å². The number of hydrogen-bond donors (Lipinski definition) is 4. The Bertz CT molecular complexity index is 1780. The van der Waals surface area contributed by atoms with E-state index in [2.05, 4.69) is 41.0 Å². The molecule has 0 spiro atoms. The van der Waals surface area contributed by atoms with E-state index in [0.717, 1.165) is 54.8 Å². The Morgan fingerprint density at radius 3 is 2.44 bits per heavy atom. The normalized spacial score (nSPS) is 19.3. The predicted octanol–water partition coefficient (Wildman–Crippen LogP) is 4.32. The summed E-state index contributed by atoms with van der Waals surface area (Å²) in [5, 5.41) is 13.7. The van der Waals surface area contributed by atoms with Crippen molar-refractivity contribution in [1.82, 2.24) is 30.8 Å². The fraction of sp³-hybridized carbons (Fsp3) is 0.553. The second kappa shape index (κ2) is 15.9. The lowest BCUT2D eigenvalue weighted by Crippen LogP contribution is -2.60. The first-order chi connectivity index (χ1) is 24.9. The zero-order valence-electron chi connectivity index (χ0n) is 31.1. The molecule has 14 heteroatoms. The Morgan fingerprint density at radius 1 is 1.08 bits per heavy atom. The van der Waals surface area contributed by atoms with Crippen LogP contribution in [0.4, 0.5) is 22.9 Å². The highest BCUT2D eigenvalue weighted by atomic mass is 35.5. The molecule has 2 aliphatic heterocycles. The van der Waals surface area contributed by atoms with Gasteiger partial charge in [0.1, 0.15) is 23.9 Å². The molecule has 280 valence electrons. The van der Waals surface area contributed by atoms with Gasteiger partial charge in [-0.15, -0.1) is 0 Å². The predicted molar refractivity (Wildman–Crippen MR) is 206 cm³/mol. The van der Waals surface area contributed by atoms with Crippen molar-refractivity contribution >= 4 is 63.1 Å². The second-order valence-corrected chi connectivity index (χ2v) is 15.7. The van der Waals surface area contributed by atoms with E-state index in [-0.39, 0.29) is 17.3 Å². The fourth-order valence-corrected chi connectivity index (χ4v) is 7.20. The number of likely N-dealkylation sites (N-methyl/N-ethyl adjacent to an activating group) is 1. The van der Waals surface area contributed by atoms with Gasteiger partial charge in [0.15, 0.2) is 0 Å². The molecule has 3 atom stereocenters. The standard InChI is InChI=1S/C38H52ClN9O4/c1-23(40-5)35(49)45-33(38(2,3)4)37(51)48(36(50)28-8-7-13-41-28)31-19-26-29(20-32(31)52-6)42-22-43-34(26)44-25-11-12-30(27(39)18-25)47-16-14-46(15-17-47)21-24-9-10-24/h11-12,18-20,22-24,28,33,40-41H,7-10,13-17,21H2,1-6H3,(H,45,49)(H,42,43,44)/t23-,28-,33+/m0/s1. The van der Waals surface area contributed by atoms with E-state index in [4.69, 9.17) is 16.3 Å². The number of methoxy groups -OCH3 is 1. The average Bonchev–Trinajstić information content (AvgIpc) is 3.76. The molecule has 3 heterocycles. The molecule has 3 amide bonds. The number of carbonyl (C=O) groups is 3. The van der Waals surface area contributed by atoms with Crippen molar-refractivity contribution in [3.63, 3.8) is 0 Å². The van der Waals surface area contributed by atoms with Crippen molar-refractivity contribution in [1.29, 1.82) is 0 Å². The topological polar surface area (TPSA) is 144 Å². The minimum absolute atomic E-state index is 0.232. The maximum absolute atomic E-state index is 14.7. The van der Waals surface area contributed by atoms with E-state index in [1.807, 2.05) is 39.0 Å². The Labute approximate surface area is 311 Å². The van der Waals surface area contributed by atoms with Crippen LogP contribution in [0.2, 0.25) is 5.02 Å². The number of benzene rings is 2. The number of imide groups is 1. The van der Waals surface area contributed by atoms with Crippen LogP contribution in [-0.2, 0) is 14.4 Å². The zero-order chi connectivity index (χ0) is 37.2. The van der Waals surface area contributed by atoms with Gasteiger partial charge in [0.25, 0.3) is 11.8 Å². The zero-order valence-corrected chi connectivity index (χ0v) is 31.8. The van der Waals surface area contributed by atoms with E-state index in [1.165, 1.54) is 32.8 Å². The van der Waals surface area contributed by atoms with E-state index >= 15 is 0 Å². The highest BCUT2D eigenvalue weighted by Crippen LogP contribution is 2.39. The molecule has 3 aromatic rings. The number of fused-ring (bicyclic) bond motifs is 1. The van der Waals surface area contributed by atoms with Gasteiger partial charge in [0.2, 0.25) is 5.91 Å². The van der Waals surface area contributed by atoms with Crippen LogP contribution >= 0.6 is 11.6 Å². The minimum atomic E-state index is -1.03. The lowest BCUT2D eigenvalue weighted by atomic mass is 9.85. The van der Waals surface area contributed by atoms with Crippen molar-refractivity contribution in [3.8, 4) is 5.75 Å². The first kappa shape index (κ1) is 37.7. The summed E-state index contributed by atoms with van der Waals surface area (Å²) in [4.78, 5) is 57.3. The number of hydrogen-bond acceptors (Lipinski definition) is 11. The smallest absolute Gasteiger partial charge is 0.257 e. The first-order valence-corrected chi connectivity index (χ1v) is 18.7. The molecule has 3 aliphatic rings. The lowest BCUT2D eigenvalue weighted by molar-refractivity contribution is -0.134. The fourth-order valence-electron chi connectivity index (χ4n) is 6.90. The third-order valence-electron chi connectivity index (χ3n) is 10.3. The van der Waals surface area contributed by atoms with Crippen molar-refractivity contribution in [2.45, 2.75) is 71.5 Å². The third-order valence-corrected chi connectivity index (χ3v) is 10.6. The van der Waals surface area contributed by atoms with Crippen molar-refractivity contribution in [2.75, 3.05) is 68.5 Å². The van der Waals surface area contributed by atoms with Gasteiger partial charge in [-0.05, 0) is 81.8 Å². The number of rotatable bonds is 12. The highest BCUT2D eigenvalue weighted by Gasteiger charge is 2.42. The SMILES string of the molecule is CN[C@@H](C)C(=O)N[C@H](C(=O)N(C(=O)[C@@H]1CCCN1)c1cc2c(Nc3ccc(N4CCN(CC5CC5)CC4)c(Cl)c3)ncnc2cc1OC)C(C)(C)C. The van der Waals surface area contributed by atoms with Gasteiger partial charge in [-0.25, -0.2) is 14.9 Å². The molecule has 13 nitrogen and oxygen atoms in total. The average molecular weight is 734 g/mol. The number of ether oxygens (including phenoxy) is 1. The molecule has 1 aromatic heterocycles. The molecule has 2 aromatic carbocycles. The molecule has 1 saturated carbocycles. The maximum atomic E-state index is 14.7. The molecule has 2 saturated heterocycles. The second-order valence-electron chi connectivity index (χ2n) is 15.3. The van der Waals surface area contributed by atoms with Crippen LogP contribution in [0.3, 0.4) is 0 Å². The van der Waals surface area contributed by atoms with Crippen LogP contribution in [-0.4, -0.2) is 104 Å². The summed E-state index contributed by atoms with van der Waals surface area (Å²) in [6.07, 6.45) is 5.54. The van der Waals surface area contributed by atoms with Crippen LogP contribution in [0.25, 0.3) is 10.9 Å². The molecule has 0 bridgehead atoms. The summed E-state index contributed by atoms with van der Waals surface area (Å²) in [6, 6.07) is 7.13. The number of nitrogens with zero attached hydrogens (tertiary/aromatic N) is 5. The number of aromatic nitrogens is 2. The summed E-state index contributed by atoms with van der Waals surface area (Å²) in [5.74, 6) is 0.283. The van der Waals surface area contributed by atoms with Gasteiger partial charge in [-0.1, -0.05) is 32.4 Å². The molecule has 0 unspecified atom stereocenters. The van der Waals surface area contributed by atoms with Gasteiger partial charge in [-0.3, -0.25) is 19.3 Å². The molecule has 52 heavy (non-hydrogen) atoms. The van der Waals surface area contributed by atoms with Crippen LogP contribution in [0.5, 0.6) is 5.75 Å². The Balaban J connectivity index is 1.33. The number of anilines is 4. The first-order valence-electron chi connectivity index (χ1n) is 18.3. The van der Waals surface area contributed by atoms with Crippen LogP contribution in [0.15, 0.2) is 36.7 Å². The monoisotopic (exact) mass is 733 g/mol. The number of amides is 3. The van der Waals surface area contributed by atoms with Gasteiger partial charge in [-0.2, -0.15) is 0 Å². The van der Waals surface area contributed by atoms with Gasteiger partial charge in [0, 0.05) is 49.9 Å². The van der Waals surface area contributed by atoms with Crippen LogP contribution in [0, 0.1) is 11.3 Å². The van der Waals surface area contributed by atoms with Crippen molar-refractivity contribution < 1.29 is 19.1 Å². The lowest BCUT2D eigenvalue weighted by Gasteiger charge is -2.36. The number of nitrogens with one attached hydrogen (secondary N) is 4. The number of carbonyl (C=O) groups excluding carboxylic acids is 3. The molecular weight excluding hydrogens is 682 g/mol. The quantitative estimate of drug-likeness (QED) is 0.211. The Kier molecular flexibility index (Phi) is 11.5. The van der Waals surface area contributed by atoms with Gasteiger partial charge >= 0.3 is 0 Å². The summed E-state index contributed by atoms with van der Waals surface area (Å²) < 4.78 is 5.80. The molecule has 4 N–H and O–H groups in total. The maximum Gasteiger partial charge on any atom is 0.257 e. The molecular formula is C38H52ClN9O4.